The van der Waals surface area contributed by atoms with E-state index in [0.29, 0.717) is 18.8 Å². The SMILES string of the molecule is CCC(C)(C)S(=O)(=O)NC1CCC(CNCCc2cccc(CC(=O)OC)c2)CC1. The zero-order valence-electron chi connectivity index (χ0n) is 18.9. The Labute approximate surface area is 182 Å². The molecule has 0 spiro atoms. The summed E-state index contributed by atoms with van der Waals surface area (Å²) in [7, 11) is -1.88. The van der Waals surface area contributed by atoms with Gasteiger partial charge in [0.05, 0.1) is 18.3 Å². The van der Waals surface area contributed by atoms with Gasteiger partial charge in [-0.25, -0.2) is 13.1 Å². The second kappa shape index (κ2) is 11.3. The smallest absolute Gasteiger partial charge is 0.309 e. The third-order valence-electron chi connectivity index (χ3n) is 6.34. The fraction of sp³-hybridized carbons (Fsp3) is 0.696. The summed E-state index contributed by atoms with van der Waals surface area (Å²) in [5, 5.41) is 3.54. The van der Waals surface area contributed by atoms with Crippen LogP contribution in [0.1, 0.15) is 64.0 Å². The molecule has 1 aromatic carbocycles. The number of carbonyl (C=O) groups is 1. The predicted molar refractivity (Wildman–Crippen MR) is 121 cm³/mol. The van der Waals surface area contributed by atoms with Crippen molar-refractivity contribution in [3.05, 3.63) is 35.4 Å². The molecule has 0 bridgehead atoms. The second-order valence-corrected chi connectivity index (χ2v) is 11.3. The molecule has 30 heavy (non-hydrogen) atoms. The van der Waals surface area contributed by atoms with Crippen LogP contribution in [0.25, 0.3) is 0 Å². The molecule has 2 rings (SSSR count). The van der Waals surface area contributed by atoms with E-state index in [-0.39, 0.29) is 12.0 Å². The molecular weight excluding hydrogens is 400 g/mol. The number of esters is 1. The first kappa shape index (κ1) is 24.8. The zero-order chi connectivity index (χ0) is 22.2. The standard InChI is InChI=1S/C23H38N2O4S/c1-5-23(2,3)30(27,28)25-21-11-9-19(10-12-21)17-24-14-13-18-7-6-8-20(15-18)16-22(26)29-4/h6-8,15,19,21,24-25H,5,9-14,16-17H2,1-4H3. The zero-order valence-corrected chi connectivity index (χ0v) is 19.7. The number of hydrogen-bond acceptors (Lipinski definition) is 5. The molecule has 1 aromatic rings. The van der Waals surface area contributed by atoms with Crippen LogP contribution >= 0.6 is 0 Å². The average Bonchev–Trinajstić information content (AvgIpc) is 2.72. The number of sulfonamides is 1. The summed E-state index contributed by atoms with van der Waals surface area (Å²) >= 11 is 0. The molecule has 0 aromatic heterocycles. The van der Waals surface area contributed by atoms with E-state index >= 15 is 0 Å². The Morgan fingerprint density at radius 2 is 1.83 bits per heavy atom. The highest BCUT2D eigenvalue weighted by Crippen LogP contribution is 2.27. The number of benzene rings is 1. The van der Waals surface area contributed by atoms with Crippen molar-refractivity contribution in [1.82, 2.24) is 10.0 Å². The van der Waals surface area contributed by atoms with E-state index in [1.54, 1.807) is 13.8 Å². The van der Waals surface area contributed by atoms with Crippen LogP contribution in [0.5, 0.6) is 0 Å². The molecule has 6 nitrogen and oxygen atoms in total. The van der Waals surface area contributed by atoms with Crippen molar-refractivity contribution in [1.29, 1.82) is 0 Å². The van der Waals surface area contributed by atoms with Gasteiger partial charge in [0.15, 0.2) is 0 Å². The first-order valence-corrected chi connectivity index (χ1v) is 12.5. The minimum absolute atomic E-state index is 0.0645. The molecule has 170 valence electrons. The van der Waals surface area contributed by atoms with Crippen LogP contribution in [-0.4, -0.2) is 45.4 Å². The summed E-state index contributed by atoms with van der Waals surface area (Å²) < 4.78 is 32.0. The second-order valence-electron chi connectivity index (χ2n) is 8.98. The molecule has 2 N–H and O–H groups in total. The van der Waals surface area contributed by atoms with Gasteiger partial charge in [-0.3, -0.25) is 4.79 Å². The van der Waals surface area contributed by atoms with E-state index in [4.69, 9.17) is 4.74 Å². The fourth-order valence-electron chi connectivity index (χ4n) is 3.73. The molecular formula is C23H38N2O4S. The van der Waals surface area contributed by atoms with Gasteiger partial charge >= 0.3 is 5.97 Å². The number of nitrogens with one attached hydrogen (secondary N) is 2. The summed E-state index contributed by atoms with van der Waals surface area (Å²) in [6.07, 6.45) is 5.72. The topological polar surface area (TPSA) is 84.5 Å². The average molecular weight is 439 g/mol. The lowest BCUT2D eigenvalue weighted by Crippen LogP contribution is -2.47. The van der Waals surface area contributed by atoms with Crippen LogP contribution < -0.4 is 10.0 Å². The Hall–Kier alpha value is -1.44. The largest absolute Gasteiger partial charge is 0.469 e. The maximum absolute atomic E-state index is 12.5. The molecule has 0 saturated heterocycles. The Morgan fingerprint density at radius 3 is 2.47 bits per heavy atom. The Balaban J connectivity index is 1.68. The molecule has 0 atom stereocenters. The van der Waals surface area contributed by atoms with E-state index in [0.717, 1.165) is 50.8 Å². The van der Waals surface area contributed by atoms with E-state index in [2.05, 4.69) is 22.2 Å². The van der Waals surface area contributed by atoms with E-state index in [9.17, 15) is 13.2 Å². The van der Waals surface area contributed by atoms with Gasteiger partial charge in [-0.15, -0.1) is 0 Å². The Morgan fingerprint density at radius 1 is 1.17 bits per heavy atom. The monoisotopic (exact) mass is 438 g/mol. The van der Waals surface area contributed by atoms with E-state index < -0.39 is 14.8 Å². The van der Waals surface area contributed by atoms with Gasteiger partial charge in [0.25, 0.3) is 0 Å². The van der Waals surface area contributed by atoms with Crippen LogP contribution in [0.4, 0.5) is 0 Å². The van der Waals surface area contributed by atoms with Gasteiger partial charge < -0.3 is 10.1 Å². The third kappa shape index (κ3) is 7.36. The summed E-state index contributed by atoms with van der Waals surface area (Å²) in [6.45, 7) is 7.34. The summed E-state index contributed by atoms with van der Waals surface area (Å²) in [5.41, 5.74) is 2.19. The van der Waals surface area contributed by atoms with Crippen LogP contribution in [0, 0.1) is 5.92 Å². The normalized spacial score (nSPS) is 20.1. The molecule has 0 amide bonds. The predicted octanol–water partition coefficient (Wildman–Crippen LogP) is 3.20. The van der Waals surface area contributed by atoms with Crippen molar-refractivity contribution in [3.63, 3.8) is 0 Å². The van der Waals surface area contributed by atoms with Crippen molar-refractivity contribution in [2.75, 3.05) is 20.2 Å². The van der Waals surface area contributed by atoms with Crippen LogP contribution in [0.3, 0.4) is 0 Å². The van der Waals surface area contributed by atoms with Gasteiger partial charge in [0.2, 0.25) is 10.0 Å². The van der Waals surface area contributed by atoms with Crippen LogP contribution in [-0.2, 0) is 32.4 Å². The Bertz CT molecular complexity index is 784. The third-order valence-corrected chi connectivity index (χ3v) is 8.73. The molecule has 0 radical (unpaired) electrons. The summed E-state index contributed by atoms with van der Waals surface area (Å²) in [6, 6.07) is 8.14. The van der Waals surface area contributed by atoms with Gasteiger partial charge in [0.1, 0.15) is 0 Å². The molecule has 7 heteroatoms. The molecule has 1 aliphatic carbocycles. The van der Waals surface area contributed by atoms with Crippen molar-refractivity contribution in [2.24, 2.45) is 5.92 Å². The van der Waals surface area contributed by atoms with Crippen molar-refractivity contribution < 1.29 is 17.9 Å². The highest BCUT2D eigenvalue weighted by molar-refractivity contribution is 7.90. The number of rotatable bonds is 11. The van der Waals surface area contributed by atoms with Gasteiger partial charge in [0, 0.05) is 6.04 Å². The fourth-order valence-corrected chi connectivity index (χ4v) is 5.10. The maximum atomic E-state index is 12.5. The van der Waals surface area contributed by atoms with E-state index in [1.165, 1.54) is 12.7 Å². The summed E-state index contributed by atoms with van der Waals surface area (Å²) in [4.78, 5) is 11.4. The van der Waals surface area contributed by atoms with Gasteiger partial charge in [-0.2, -0.15) is 0 Å². The lowest BCUT2D eigenvalue weighted by Gasteiger charge is -2.32. The highest BCUT2D eigenvalue weighted by atomic mass is 32.2. The van der Waals surface area contributed by atoms with Crippen LogP contribution in [0.2, 0.25) is 0 Å². The van der Waals surface area contributed by atoms with Gasteiger partial charge in [-0.05, 0) is 82.5 Å². The van der Waals surface area contributed by atoms with Crippen molar-refractivity contribution >= 4 is 16.0 Å². The molecule has 1 fully saturated rings. The van der Waals surface area contributed by atoms with Crippen molar-refractivity contribution in [2.45, 2.75) is 76.5 Å². The Kier molecular flexibility index (Phi) is 9.31. The number of methoxy groups -OCH3 is 1. The molecule has 1 saturated carbocycles. The lowest BCUT2D eigenvalue weighted by molar-refractivity contribution is -0.139. The molecule has 0 heterocycles. The maximum Gasteiger partial charge on any atom is 0.309 e. The van der Waals surface area contributed by atoms with Crippen LogP contribution in [0.15, 0.2) is 24.3 Å². The summed E-state index contributed by atoms with van der Waals surface area (Å²) in [5.74, 6) is 0.372. The first-order valence-electron chi connectivity index (χ1n) is 11.0. The van der Waals surface area contributed by atoms with Gasteiger partial charge in [-0.1, -0.05) is 31.2 Å². The quantitative estimate of drug-likeness (QED) is 0.409. The minimum Gasteiger partial charge on any atom is -0.469 e. The molecule has 1 aliphatic rings. The number of carbonyl (C=O) groups excluding carboxylic acids is 1. The first-order chi connectivity index (χ1) is 14.2. The van der Waals surface area contributed by atoms with Crippen molar-refractivity contribution in [3.8, 4) is 0 Å². The number of ether oxygens (including phenoxy) is 1. The number of hydrogen-bond donors (Lipinski definition) is 2. The molecule has 0 unspecified atom stereocenters. The lowest BCUT2D eigenvalue weighted by atomic mass is 9.86. The minimum atomic E-state index is -3.29. The highest BCUT2D eigenvalue weighted by Gasteiger charge is 2.35. The van der Waals surface area contributed by atoms with E-state index in [1.807, 2.05) is 19.1 Å². The molecule has 0 aliphatic heterocycles.